The molecule has 7 nitrogen and oxygen atoms in total. The first-order valence-electron chi connectivity index (χ1n) is 14.0. The number of sulfonamides is 1. The standard InChI is InChI=1S/C32H37Cl2N3O4S/c1-22-15-23(2)17-28(16-22)37(42(3,40)41)21-31(38)36(20-25-13-14-26(33)19-29(25)34)30(18-24-9-5-4-6-10-24)32(39)35-27-11-7-8-12-27/h4-6,9-10,13-17,19,27,30H,7-8,11-12,18,20-21H2,1-3H3,(H,35,39)/t30-/m0/s1. The summed E-state index contributed by atoms with van der Waals surface area (Å²) >= 11 is 12.7. The van der Waals surface area contributed by atoms with Crippen molar-refractivity contribution < 1.29 is 18.0 Å². The summed E-state index contributed by atoms with van der Waals surface area (Å²) in [4.78, 5) is 29.7. The first kappa shape index (κ1) is 31.9. The van der Waals surface area contributed by atoms with Gasteiger partial charge in [0.05, 0.1) is 11.9 Å². The molecule has 224 valence electrons. The molecule has 1 aliphatic rings. The first-order valence-corrected chi connectivity index (χ1v) is 16.6. The van der Waals surface area contributed by atoms with Gasteiger partial charge in [-0.2, -0.15) is 0 Å². The van der Waals surface area contributed by atoms with E-state index in [9.17, 15) is 18.0 Å². The largest absolute Gasteiger partial charge is 0.352 e. The summed E-state index contributed by atoms with van der Waals surface area (Å²) in [5.41, 5.74) is 3.60. The summed E-state index contributed by atoms with van der Waals surface area (Å²) in [7, 11) is -3.85. The quantitative estimate of drug-likeness (QED) is 0.279. The Labute approximate surface area is 258 Å². The smallest absolute Gasteiger partial charge is 0.244 e. The highest BCUT2D eigenvalue weighted by Gasteiger charge is 2.34. The van der Waals surface area contributed by atoms with E-state index < -0.39 is 28.5 Å². The minimum Gasteiger partial charge on any atom is -0.352 e. The SMILES string of the molecule is Cc1cc(C)cc(N(CC(=O)N(Cc2ccc(Cl)cc2Cl)[C@@H](Cc2ccccc2)C(=O)NC2CCCC2)S(C)(=O)=O)c1. The average molecular weight is 631 g/mol. The number of hydrogen-bond acceptors (Lipinski definition) is 4. The number of nitrogens with one attached hydrogen (secondary N) is 1. The summed E-state index contributed by atoms with van der Waals surface area (Å²) in [6.07, 6.45) is 5.17. The molecule has 4 rings (SSSR count). The van der Waals surface area contributed by atoms with E-state index >= 15 is 0 Å². The van der Waals surface area contributed by atoms with Gasteiger partial charge in [-0.05, 0) is 73.2 Å². The van der Waals surface area contributed by atoms with Crippen LogP contribution in [0.3, 0.4) is 0 Å². The van der Waals surface area contributed by atoms with E-state index in [0.29, 0.717) is 21.3 Å². The summed E-state index contributed by atoms with van der Waals surface area (Å²) in [6.45, 7) is 3.26. The van der Waals surface area contributed by atoms with Gasteiger partial charge >= 0.3 is 0 Å². The molecule has 1 fully saturated rings. The summed E-state index contributed by atoms with van der Waals surface area (Å²) in [6, 6.07) is 19.0. The molecule has 0 aromatic heterocycles. The second-order valence-electron chi connectivity index (χ2n) is 11.1. The van der Waals surface area contributed by atoms with Crippen LogP contribution in [0, 0.1) is 13.8 Å². The van der Waals surface area contributed by atoms with Gasteiger partial charge in [-0.1, -0.05) is 78.5 Å². The minimum absolute atomic E-state index is 0.00509. The van der Waals surface area contributed by atoms with Crippen LogP contribution in [0.25, 0.3) is 0 Å². The number of benzene rings is 3. The number of halogens is 2. The predicted octanol–water partition coefficient (Wildman–Crippen LogP) is 6.08. The Morgan fingerprint density at radius 1 is 0.952 bits per heavy atom. The highest BCUT2D eigenvalue weighted by Crippen LogP contribution is 2.26. The van der Waals surface area contributed by atoms with Crippen LogP contribution in [0.5, 0.6) is 0 Å². The number of aryl methyl sites for hydroxylation is 2. The van der Waals surface area contributed by atoms with Crippen molar-refractivity contribution in [1.29, 1.82) is 0 Å². The lowest BCUT2D eigenvalue weighted by atomic mass is 10.0. The number of carbonyl (C=O) groups is 2. The fourth-order valence-electron chi connectivity index (χ4n) is 5.46. The number of anilines is 1. The van der Waals surface area contributed by atoms with E-state index in [1.54, 1.807) is 30.3 Å². The van der Waals surface area contributed by atoms with E-state index in [-0.39, 0.29) is 24.9 Å². The predicted molar refractivity (Wildman–Crippen MR) is 169 cm³/mol. The van der Waals surface area contributed by atoms with Gasteiger partial charge in [-0.3, -0.25) is 13.9 Å². The molecule has 0 heterocycles. The molecule has 2 amide bonds. The van der Waals surface area contributed by atoms with E-state index in [1.165, 1.54) is 4.90 Å². The first-order chi connectivity index (χ1) is 19.9. The maximum Gasteiger partial charge on any atom is 0.244 e. The zero-order valence-corrected chi connectivity index (χ0v) is 26.5. The normalized spacial score (nSPS) is 14.4. The van der Waals surface area contributed by atoms with Crippen LogP contribution < -0.4 is 9.62 Å². The van der Waals surface area contributed by atoms with Crippen molar-refractivity contribution in [2.45, 2.75) is 64.6 Å². The van der Waals surface area contributed by atoms with Crippen LogP contribution in [0.2, 0.25) is 10.0 Å². The van der Waals surface area contributed by atoms with E-state index in [0.717, 1.165) is 52.9 Å². The third-order valence-electron chi connectivity index (χ3n) is 7.50. The van der Waals surface area contributed by atoms with Crippen molar-refractivity contribution in [2.24, 2.45) is 0 Å². The van der Waals surface area contributed by atoms with Gasteiger partial charge in [0, 0.05) is 29.1 Å². The number of hydrogen-bond donors (Lipinski definition) is 1. The lowest BCUT2D eigenvalue weighted by Crippen LogP contribution is -2.54. The van der Waals surface area contributed by atoms with Gasteiger partial charge in [0.2, 0.25) is 21.8 Å². The van der Waals surface area contributed by atoms with Gasteiger partial charge in [-0.25, -0.2) is 8.42 Å². The molecule has 3 aromatic carbocycles. The maximum absolute atomic E-state index is 14.3. The molecule has 0 bridgehead atoms. The Bertz CT molecular complexity index is 1510. The van der Waals surface area contributed by atoms with Crippen molar-refractivity contribution >= 4 is 50.7 Å². The molecule has 10 heteroatoms. The number of amides is 2. The second-order valence-corrected chi connectivity index (χ2v) is 13.8. The monoisotopic (exact) mass is 629 g/mol. The van der Waals surface area contributed by atoms with E-state index in [4.69, 9.17) is 23.2 Å². The lowest BCUT2D eigenvalue weighted by molar-refractivity contribution is -0.140. The molecule has 0 saturated heterocycles. The molecule has 0 unspecified atom stereocenters. The fraction of sp³-hybridized carbons (Fsp3) is 0.375. The van der Waals surface area contributed by atoms with Gasteiger partial charge in [0.25, 0.3) is 0 Å². The Kier molecular flexibility index (Phi) is 10.6. The Morgan fingerprint density at radius 3 is 2.19 bits per heavy atom. The molecule has 0 aliphatic heterocycles. The van der Waals surface area contributed by atoms with Gasteiger partial charge < -0.3 is 10.2 Å². The Morgan fingerprint density at radius 2 is 1.60 bits per heavy atom. The number of carbonyl (C=O) groups excluding carboxylic acids is 2. The van der Waals surface area contributed by atoms with Crippen molar-refractivity contribution in [3.8, 4) is 0 Å². The lowest BCUT2D eigenvalue weighted by Gasteiger charge is -2.34. The number of nitrogens with zero attached hydrogens (tertiary/aromatic N) is 2. The maximum atomic E-state index is 14.3. The summed E-state index contributed by atoms with van der Waals surface area (Å²) in [5.74, 6) is -0.797. The van der Waals surface area contributed by atoms with Crippen molar-refractivity contribution in [1.82, 2.24) is 10.2 Å². The molecule has 1 saturated carbocycles. The van der Waals surface area contributed by atoms with Crippen LogP contribution in [0.4, 0.5) is 5.69 Å². The van der Waals surface area contributed by atoms with Gasteiger partial charge in [0.1, 0.15) is 12.6 Å². The zero-order valence-electron chi connectivity index (χ0n) is 24.1. The van der Waals surface area contributed by atoms with E-state index in [2.05, 4.69) is 5.32 Å². The summed E-state index contributed by atoms with van der Waals surface area (Å²) < 4.78 is 27.2. The molecular weight excluding hydrogens is 593 g/mol. The molecule has 1 N–H and O–H groups in total. The van der Waals surface area contributed by atoms with Crippen LogP contribution >= 0.6 is 23.2 Å². The minimum atomic E-state index is -3.85. The van der Waals surface area contributed by atoms with Crippen molar-refractivity contribution in [3.05, 3.63) is 99.0 Å². The Hall–Kier alpha value is -3.07. The van der Waals surface area contributed by atoms with Gasteiger partial charge in [-0.15, -0.1) is 0 Å². The van der Waals surface area contributed by atoms with Crippen molar-refractivity contribution in [3.63, 3.8) is 0 Å². The molecule has 0 spiro atoms. The molecule has 1 aliphatic carbocycles. The topological polar surface area (TPSA) is 86.8 Å². The summed E-state index contributed by atoms with van der Waals surface area (Å²) in [5, 5.41) is 3.95. The van der Waals surface area contributed by atoms with Crippen LogP contribution in [0.15, 0.2) is 66.7 Å². The average Bonchev–Trinajstić information content (AvgIpc) is 3.42. The van der Waals surface area contributed by atoms with E-state index in [1.807, 2.05) is 50.2 Å². The molecule has 1 atom stereocenters. The zero-order chi connectivity index (χ0) is 30.4. The highest BCUT2D eigenvalue weighted by atomic mass is 35.5. The molecule has 3 aromatic rings. The molecular formula is C32H37Cl2N3O4S. The van der Waals surface area contributed by atoms with Gasteiger partial charge in [0.15, 0.2) is 0 Å². The molecule has 42 heavy (non-hydrogen) atoms. The third kappa shape index (κ3) is 8.49. The van der Waals surface area contributed by atoms with Crippen LogP contribution in [0.1, 0.15) is 47.9 Å². The van der Waals surface area contributed by atoms with Crippen LogP contribution in [-0.2, 0) is 32.6 Å². The number of rotatable bonds is 11. The Balaban J connectivity index is 1.76. The van der Waals surface area contributed by atoms with Crippen molar-refractivity contribution in [2.75, 3.05) is 17.1 Å². The van der Waals surface area contributed by atoms with Crippen LogP contribution in [-0.4, -0.2) is 50.0 Å². The second kappa shape index (κ2) is 13.9. The fourth-order valence-corrected chi connectivity index (χ4v) is 6.76. The third-order valence-corrected chi connectivity index (χ3v) is 9.23. The molecule has 0 radical (unpaired) electrons. The highest BCUT2D eigenvalue weighted by molar-refractivity contribution is 7.92.